The maximum absolute atomic E-state index is 9.65. The van der Waals surface area contributed by atoms with Crippen molar-refractivity contribution in [2.45, 2.75) is 43.9 Å². The molecule has 1 aromatic rings. The Hall–Kier alpha value is -0.540. The number of nitrogens with one attached hydrogen (secondary N) is 1. The van der Waals surface area contributed by atoms with Crippen LogP contribution in [0.15, 0.2) is 24.3 Å². The number of aromatic hydroxyl groups is 1. The average Bonchev–Trinajstić information content (AvgIpc) is 2.79. The molecule has 102 valence electrons. The zero-order valence-corrected chi connectivity index (χ0v) is 12.8. The van der Waals surface area contributed by atoms with Gasteiger partial charge in [0.05, 0.1) is 0 Å². The third kappa shape index (κ3) is 3.48. The van der Waals surface area contributed by atoms with Crippen molar-refractivity contribution in [3.05, 3.63) is 29.8 Å². The molecule has 3 heteroatoms. The molecular formula is C15H24BrNO. The average molecular weight is 314 g/mol. The van der Waals surface area contributed by atoms with Crippen LogP contribution in [-0.4, -0.2) is 18.7 Å². The van der Waals surface area contributed by atoms with Crippen molar-refractivity contribution in [1.82, 2.24) is 5.32 Å². The third-order valence-electron chi connectivity index (χ3n) is 4.10. The number of phenolic OH excluding ortho intramolecular Hbond substituents is 1. The minimum atomic E-state index is 0. The fourth-order valence-corrected chi connectivity index (χ4v) is 3.17. The minimum absolute atomic E-state index is 0. The number of phenols is 1. The van der Waals surface area contributed by atoms with Crippen LogP contribution >= 0.6 is 17.0 Å². The van der Waals surface area contributed by atoms with E-state index in [1.807, 2.05) is 19.2 Å². The minimum Gasteiger partial charge on any atom is -0.508 e. The molecule has 0 unspecified atom stereocenters. The molecule has 0 atom stereocenters. The zero-order chi connectivity index (χ0) is 12.1. The monoisotopic (exact) mass is 313 g/mol. The summed E-state index contributed by atoms with van der Waals surface area (Å²) in [7, 11) is 2.01. The smallest absolute Gasteiger partial charge is 0.115 e. The van der Waals surface area contributed by atoms with Crippen molar-refractivity contribution >= 4 is 17.0 Å². The van der Waals surface area contributed by atoms with Gasteiger partial charge in [0.15, 0.2) is 0 Å². The van der Waals surface area contributed by atoms with Crippen LogP contribution in [0.4, 0.5) is 0 Å². The number of hydrogen-bond acceptors (Lipinski definition) is 2. The van der Waals surface area contributed by atoms with E-state index in [1.54, 1.807) is 6.07 Å². The van der Waals surface area contributed by atoms with Crippen LogP contribution in [0.3, 0.4) is 0 Å². The normalized spacial score (nSPS) is 17.4. The molecule has 18 heavy (non-hydrogen) atoms. The molecule has 0 radical (unpaired) electrons. The van der Waals surface area contributed by atoms with E-state index in [9.17, 15) is 5.11 Å². The third-order valence-corrected chi connectivity index (χ3v) is 4.10. The number of hydrogen-bond donors (Lipinski definition) is 2. The molecule has 0 heterocycles. The quantitative estimate of drug-likeness (QED) is 0.811. The van der Waals surface area contributed by atoms with Gasteiger partial charge >= 0.3 is 0 Å². The summed E-state index contributed by atoms with van der Waals surface area (Å²) in [6, 6.07) is 7.89. The highest BCUT2D eigenvalue weighted by Crippen LogP contribution is 2.45. The molecule has 1 saturated carbocycles. The van der Waals surface area contributed by atoms with E-state index in [4.69, 9.17) is 0 Å². The van der Waals surface area contributed by atoms with Gasteiger partial charge < -0.3 is 10.4 Å². The van der Waals surface area contributed by atoms with E-state index in [2.05, 4.69) is 11.4 Å². The van der Waals surface area contributed by atoms with Crippen molar-refractivity contribution in [3.63, 3.8) is 0 Å². The summed E-state index contributed by atoms with van der Waals surface area (Å²) < 4.78 is 0. The van der Waals surface area contributed by atoms with Gasteiger partial charge in [0, 0.05) is 0 Å². The maximum atomic E-state index is 9.65. The molecule has 0 saturated heterocycles. The van der Waals surface area contributed by atoms with Crippen molar-refractivity contribution in [3.8, 4) is 5.75 Å². The molecule has 0 amide bonds. The lowest BCUT2D eigenvalue weighted by Crippen LogP contribution is -2.23. The fraction of sp³-hybridized carbons (Fsp3) is 0.600. The first-order valence-electron chi connectivity index (χ1n) is 6.71. The van der Waals surface area contributed by atoms with Crippen LogP contribution in [0.25, 0.3) is 0 Å². The predicted molar refractivity (Wildman–Crippen MR) is 81.7 cm³/mol. The molecule has 1 aliphatic carbocycles. The molecule has 1 aromatic carbocycles. The molecule has 1 fully saturated rings. The lowest BCUT2D eigenvalue weighted by Gasteiger charge is -2.30. The summed E-state index contributed by atoms with van der Waals surface area (Å²) in [5, 5.41) is 12.9. The van der Waals surface area contributed by atoms with Crippen molar-refractivity contribution < 1.29 is 5.11 Å². The van der Waals surface area contributed by atoms with Gasteiger partial charge in [-0.1, -0.05) is 25.0 Å². The van der Waals surface area contributed by atoms with Gasteiger partial charge in [-0.05, 0) is 62.4 Å². The van der Waals surface area contributed by atoms with E-state index >= 15 is 0 Å². The largest absolute Gasteiger partial charge is 0.508 e. The molecule has 0 spiro atoms. The van der Waals surface area contributed by atoms with Gasteiger partial charge in [-0.2, -0.15) is 0 Å². The number of halogens is 1. The second-order valence-electron chi connectivity index (χ2n) is 5.24. The SMILES string of the molecule is Br.CNCCCC1(c2cccc(O)c2)CCCC1. The van der Waals surface area contributed by atoms with Gasteiger partial charge in [0.2, 0.25) is 0 Å². The molecule has 2 N–H and O–H groups in total. The van der Waals surface area contributed by atoms with Crippen LogP contribution in [0.2, 0.25) is 0 Å². The standard InChI is InChI=1S/C15H23NO.BrH/c1-16-11-5-10-15(8-2-3-9-15)13-6-4-7-14(17)12-13;/h4,6-7,12,16-17H,2-3,5,8-11H2,1H3;1H. The van der Waals surface area contributed by atoms with E-state index in [1.165, 1.54) is 44.1 Å². The van der Waals surface area contributed by atoms with Gasteiger partial charge in [-0.25, -0.2) is 0 Å². The Morgan fingerprint density at radius 1 is 1.28 bits per heavy atom. The Morgan fingerprint density at radius 3 is 2.61 bits per heavy atom. The molecule has 0 aromatic heterocycles. The van der Waals surface area contributed by atoms with E-state index in [-0.39, 0.29) is 17.0 Å². The Labute approximate surface area is 121 Å². The second kappa shape index (κ2) is 7.15. The molecule has 0 aliphatic heterocycles. The highest BCUT2D eigenvalue weighted by atomic mass is 79.9. The highest BCUT2D eigenvalue weighted by Gasteiger charge is 2.34. The molecule has 2 nitrogen and oxygen atoms in total. The van der Waals surface area contributed by atoms with Crippen LogP contribution in [0.1, 0.15) is 44.1 Å². The summed E-state index contributed by atoms with van der Waals surface area (Å²) in [6.45, 7) is 1.08. The van der Waals surface area contributed by atoms with Gasteiger partial charge in [0.1, 0.15) is 5.75 Å². The van der Waals surface area contributed by atoms with Crippen LogP contribution in [-0.2, 0) is 5.41 Å². The number of rotatable bonds is 5. The van der Waals surface area contributed by atoms with Gasteiger partial charge in [-0.15, -0.1) is 17.0 Å². The van der Waals surface area contributed by atoms with E-state index < -0.39 is 0 Å². The molecule has 1 aliphatic rings. The first-order valence-corrected chi connectivity index (χ1v) is 6.71. The lowest BCUT2D eigenvalue weighted by atomic mass is 9.75. The predicted octanol–water partition coefficient (Wildman–Crippen LogP) is 3.78. The summed E-state index contributed by atoms with van der Waals surface area (Å²) in [6.07, 6.45) is 7.66. The Balaban J connectivity index is 0.00000162. The zero-order valence-electron chi connectivity index (χ0n) is 11.1. The Kier molecular flexibility index (Phi) is 6.16. The summed E-state index contributed by atoms with van der Waals surface area (Å²) >= 11 is 0. The molecule has 2 rings (SSSR count). The maximum Gasteiger partial charge on any atom is 0.115 e. The topological polar surface area (TPSA) is 32.3 Å². The Bertz CT molecular complexity index is 361. The summed E-state index contributed by atoms with van der Waals surface area (Å²) in [4.78, 5) is 0. The van der Waals surface area contributed by atoms with Crippen LogP contribution in [0.5, 0.6) is 5.75 Å². The van der Waals surface area contributed by atoms with Crippen molar-refractivity contribution in [2.24, 2.45) is 0 Å². The summed E-state index contributed by atoms with van der Waals surface area (Å²) in [5.74, 6) is 0.405. The van der Waals surface area contributed by atoms with Crippen molar-refractivity contribution in [1.29, 1.82) is 0 Å². The van der Waals surface area contributed by atoms with Crippen LogP contribution in [0, 0.1) is 0 Å². The van der Waals surface area contributed by atoms with Crippen LogP contribution < -0.4 is 5.32 Å². The highest BCUT2D eigenvalue weighted by molar-refractivity contribution is 8.93. The van der Waals surface area contributed by atoms with Gasteiger partial charge in [-0.3, -0.25) is 0 Å². The summed E-state index contributed by atoms with van der Waals surface area (Å²) in [5.41, 5.74) is 1.67. The second-order valence-corrected chi connectivity index (χ2v) is 5.24. The van der Waals surface area contributed by atoms with E-state index in [0.717, 1.165) is 6.54 Å². The lowest BCUT2D eigenvalue weighted by molar-refractivity contribution is 0.387. The first kappa shape index (κ1) is 15.5. The molecular weight excluding hydrogens is 290 g/mol. The van der Waals surface area contributed by atoms with E-state index in [0.29, 0.717) is 11.2 Å². The number of benzene rings is 1. The first-order chi connectivity index (χ1) is 8.27. The Morgan fingerprint density at radius 2 is 2.00 bits per heavy atom. The fourth-order valence-electron chi connectivity index (χ4n) is 3.17. The van der Waals surface area contributed by atoms with Gasteiger partial charge in [0.25, 0.3) is 0 Å². The molecule has 0 bridgehead atoms. The van der Waals surface area contributed by atoms with Crippen molar-refractivity contribution in [2.75, 3.05) is 13.6 Å².